The average molecular weight is 428 g/mol. The summed E-state index contributed by atoms with van der Waals surface area (Å²) < 4.78 is 12.1. The molecule has 0 saturated carbocycles. The SMILES string of the molecule is COc1cc2c(c([N+](=O)[O-])c1)O[C@@]1(C(C)=C2)N(c2ccccc2)c2ccccc2C1(C)C. The van der Waals surface area contributed by atoms with Crippen molar-refractivity contribution >= 4 is 23.1 Å². The molecule has 3 aromatic carbocycles. The van der Waals surface area contributed by atoms with Gasteiger partial charge in [0, 0.05) is 16.9 Å². The Kier molecular flexibility index (Phi) is 4.31. The Bertz CT molecular complexity index is 1270. The highest BCUT2D eigenvalue weighted by Crippen LogP contribution is 2.60. The topological polar surface area (TPSA) is 64.8 Å². The van der Waals surface area contributed by atoms with Gasteiger partial charge in [0.25, 0.3) is 0 Å². The van der Waals surface area contributed by atoms with E-state index in [1.54, 1.807) is 6.07 Å². The van der Waals surface area contributed by atoms with Crippen LogP contribution in [-0.4, -0.2) is 17.8 Å². The van der Waals surface area contributed by atoms with Gasteiger partial charge in [-0.1, -0.05) is 36.4 Å². The Balaban J connectivity index is 1.82. The minimum absolute atomic E-state index is 0.109. The number of para-hydroxylation sites is 2. The molecule has 1 atom stereocenters. The zero-order chi connectivity index (χ0) is 22.7. The molecule has 2 aliphatic heterocycles. The third kappa shape index (κ3) is 2.52. The molecule has 0 unspecified atom stereocenters. The van der Waals surface area contributed by atoms with Crippen molar-refractivity contribution in [2.45, 2.75) is 31.9 Å². The van der Waals surface area contributed by atoms with Gasteiger partial charge >= 0.3 is 5.69 Å². The molecule has 0 aromatic heterocycles. The average Bonchev–Trinajstić information content (AvgIpc) is 2.98. The second kappa shape index (κ2) is 6.85. The first kappa shape index (κ1) is 20.1. The summed E-state index contributed by atoms with van der Waals surface area (Å²) in [5, 5.41) is 12.0. The number of rotatable bonds is 3. The summed E-state index contributed by atoms with van der Waals surface area (Å²) in [5.74, 6) is 0.677. The summed E-state index contributed by atoms with van der Waals surface area (Å²) in [7, 11) is 1.50. The molecule has 3 aromatic rings. The van der Waals surface area contributed by atoms with Crippen LogP contribution in [0.4, 0.5) is 17.1 Å². The Morgan fingerprint density at radius 3 is 2.41 bits per heavy atom. The van der Waals surface area contributed by atoms with Crippen LogP contribution in [0.5, 0.6) is 11.5 Å². The lowest BCUT2D eigenvalue weighted by atomic mass is 9.73. The van der Waals surface area contributed by atoms with Gasteiger partial charge in [0.2, 0.25) is 11.5 Å². The number of methoxy groups -OCH3 is 1. The smallest absolute Gasteiger partial charge is 0.315 e. The molecule has 0 amide bonds. The third-order valence-electron chi connectivity index (χ3n) is 6.65. The second-order valence-corrected chi connectivity index (χ2v) is 8.71. The van der Waals surface area contributed by atoms with Crippen molar-refractivity contribution in [2.24, 2.45) is 0 Å². The van der Waals surface area contributed by atoms with Crippen LogP contribution in [0, 0.1) is 10.1 Å². The first-order valence-corrected chi connectivity index (χ1v) is 10.5. The van der Waals surface area contributed by atoms with E-state index in [0.29, 0.717) is 11.3 Å². The molecule has 1 spiro atoms. The second-order valence-electron chi connectivity index (χ2n) is 8.71. The number of fused-ring (bicyclic) bond motifs is 2. The lowest BCUT2D eigenvalue weighted by Crippen LogP contribution is -2.60. The van der Waals surface area contributed by atoms with Crippen molar-refractivity contribution in [1.29, 1.82) is 0 Å². The van der Waals surface area contributed by atoms with Crippen LogP contribution in [0.25, 0.3) is 6.08 Å². The molecule has 0 N–H and O–H groups in total. The summed E-state index contributed by atoms with van der Waals surface area (Å²) >= 11 is 0. The van der Waals surface area contributed by atoms with Gasteiger partial charge in [0.1, 0.15) is 5.75 Å². The van der Waals surface area contributed by atoms with E-state index >= 15 is 0 Å². The Labute approximate surface area is 186 Å². The third-order valence-corrected chi connectivity index (χ3v) is 6.65. The van der Waals surface area contributed by atoms with E-state index in [1.165, 1.54) is 13.2 Å². The predicted molar refractivity (Wildman–Crippen MR) is 125 cm³/mol. The van der Waals surface area contributed by atoms with E-state index in [1.807, 2.05) is 55.5 Å². The van der Waals surface area contributed by atoms with Gasteiger partial charge in [-0.25, -0.2) is 0 Å². The molecule has 2 aliphatic rings. The fraction of sp³-hybridized carbons (Fsp3) is 0.231. The maximum atomic E-state index is 12.0. The zero-order valence-corrected chi connectivity index (χ0v) is 18.5. The van der Waals surface area contributed by atoms with Crippen molar-refractivity contribution in [3.05, 3.63) is 93.5 Å². The largest absolute Gasteiger partial charge is 0.496 e. The Morgan fingerprint density at radius 2 is 1.72 bits per heavy atom. The number of hydrogen-bond acceptors (Lipinski definition) is 5. The van der Waals surface area contributed by atoms with Gasteiger partial charge in [-0.3, -0.25) is 15.0 Å². The molecule has 0 radical (unpaired) electrons. The van der Waals surface area contributed by atoms with Crippen LogP contribution >= 0.6 is 0 Å². The molecule has 5 rings (SSSR count). The van der Waals surface area contributed by atoms with Crippen LogP contribution < -0.4 is 14.4 Å². The van der Waals surface area contributed by atoms with E-state index < -0.39 is 16.1 Å². The normalized spacial score (nSPS) is 20.2. The van der Waals surface area contributed by atoms with Gasteiger partial charge in [-0.2, -0.15) is 0 Å². The molecule has 162 valence electrons. The molecule has 6 nitrogen and oxygen atoms in total. The molecule has 2 heterocycles. The molecule has 32 heavy (non-hydrogen) atoms. The van der Waals surface area contributed by atoms with Gasteiger partial charge in [-0.15, -0.1) is 0 Å². The monoisotopic (exact) mass is 428 g/mol. The maximum Gasteiger partial charge on any atom is 0.315 e. The first-order valence-electron chi connectivity index (χ1n) is 10.5. The van der Waals surface area contributed by atoms with Crippen molar-refractivity contribution in [1.82, 2.24) is 0 Å². The summed E-state index contributed by atoms with van der Waals surface area (Å²) in [6, 6.07) is 21.4. The summed E-state index contributed by atoms with van der Waals surface area (Å²) in [6.45, 7) is 6.29. The molecule has 0 saturated heterocycles. The predicted octanol–water partition coefficient (Wildman–Crippen LogP) is 6.22. The van der Waals surface area contributed by atoms with Crippen LogP contribution in [0.1, 0.15) is 31.9 Å². The minimum Gasteiger partial charge on any atom is -0.496 e. The quantitative estimate of drug-likeness (QED) is 0.366. The standard InChI is InChI=1S/C26H24N2O4/c1-17-14-18-15-20(31-4)16-23(28(29)30)24(18)32-26(17)25(2,3)21-12-8-9-13-22(21)27(26)19-10-6-5-7-11-19/h5-16H,1-4H3/t26-/m1/s1. The first-order chi connectivity index (χ1) is 15.3. The van der Waals surface area contributed by atoms with Gasteiger partial charge in [0.15, 0.2) is 0 Å². The number of ether oxygens (including phenoxy) is 2. The number of anilines is 2. The Hall–Kier alpha value is -3.80. The van der Waals surface area contributed by atoms with Crippen LogP contribution in [0.2, 0.25) is 0 Å². The fourth-order valence-electron chi connectivity index (χ4n) is 5.21. The van der Waals surface area contributed by atoms with Crippen LogP contribution in [-0.2, 0) is 5.41 Å². The van der Waals surface area contributed by atoms with Gasteiger partial charge in [0.05, 0.1) is 23.5 Å². The molecular weight excluding hydrogens is 404 g/mol. The number of nitro benzene ring substituents is 1. The summed E-state index contributed by atoms with van der Waals surface area (Å²) in [5.41, 5.74) is 3.10. The number of nitro groups is 1. The van der Waals surface area contributed by atoms with E-state index in [-0.39, 0.29) is 11.4 Å². The Morgan fingerprint density at radius 1 is 1.03 bits per heavy atom. The van der Waals surface area contributed by atoms with Gasteiger partial charge in [-0.05, 0) is 62.2 Å². The van der Waals surface area contributed by atoms with E-state index in [0.717, 1.165) is 22.5 Å². The van der Waals surface area contributed by atoms with Crippen molar-refractivity contribution < 1.29 is 14.4 Å². The number of hydrogen-bond donors (Lipinski definition) is 0. The number of benzene rings is 3. The van der Waals surface area contributed by atoms with E-state index in [2.05, 4.69) is 30.9 Å². The van der Waals surface area contributed by atoms with Crippen molar-refractivity contribution in [2.75, 3.05) is 12.0 Å². The molecular formula is C26H24N2O4. The lowest BCUT2D eigenvalue weighted by Gasteiger charge is -2.49. The zero-order valence-electron chi connectivity index (χ0n) is 18.5. The van der Waals surface area contributed by atoms with Crippen molar-refractivity contribution in [3.63, 3.8) is 0 Å². The van der Waals surface area contributed by atoms with Gasteiger partial charge < -0.3 is 9.47 Å². The maximum absolute atomic E-state index is 12.0. The lowest BCUT2D eigenvalue weighted by molar-refractivity contribution is -0.386. The summed E-state index contributed by atoms with van der Waals surface area (Å²) in [4.78, 5) is 13.8. The minimum atomic E-state index is -0.982. The molecule has 0 aliphatic carbocycles. The fourth-order valence-corrected chi connectivity index (χ4v) is 5.21. The summed E-state index contributed by atoms with van der Waals surface area (Å²) in [6.07, 6.45) is 1.98. The number of nitrogens with zero attached hydrogens (tertiary/aromatic N) is 2. The molecule has 0 bridgehead atoms. The molecule has 0 fully saturated rings. The van der Waals surface area contributed by atoms with Crippen LogP contribution in [0.3, 0.4) is 0 Å². The van der Waals surface area contributed by atoms with E-state index in [9.17, 15) is 10.1 Å². The van der Waals surface area contributed by atoms with E-state index in [4.69, 9.17) is 9.47 Å². The van der Waals surface area contributed by atoms with Crippen molar-refractivity contribution in [3.8, 4) is 11.5 Å². The highest BCUT2D eigenvalue weighted by molar-refractivity contribution is 5.82. The molecule has 6 heteroatoms. The highest BCUT2D eigenvalue weighted by Gasteiger charge is 2.62. The van der Waals surface area contributed by atoms with Crippen LogP contribution in [0.15, 0.2) is 72.3 Å². The highest BCUT2D eigenvalue weighted by atomic mass is 16.6.